The number of allylic oxidation sites excluding steroid dienone is 5. The Morgan fingerprint density at radius 3 is 2.58 bits per heavy atom. The molecule has 0 amide bonds. The number of aromatic nitrogens is 1. The van der Waals surface area contributed by atoms with Gasteiger partial charge in [0.2, 0.25) is 0 Å². The fourth-order valence-electron chi connectivity index (χ4n) is 3.72. The Morgan fingerprint density at radius 2 is 1.73 bits per heavy atom. The van der Waals surface area contributed by atoms with Crippen LogP contribution in [-0.2, 0) is 23.2 Å². The monoisotopic (exact) mass is 543 g/mol. The van der Waals surface area contributed by atoms with Crippen molar-refractivity contribution in [2.75, 3.05) is 0 Å². The Kier molecular flexibility index (Phi) is 6.38. The minimum atomic E-state index is -0.700. The van der Waals surface area contributed by atoms with Crippen LogP contribution in [-0.4, -0.2) is 4.57 Å². The number of hydrogen-bond donors (Lipinski definition) is 0. The summed E-state index contributed by atoms with van der Waals surface area (Å²) in [6, 6.07) is 19.9. The average Bonchev–Trinajstić information content (AvgIpc) is 3.34. The zero-order valence-corrected chi connectivity index (χ0v) is 19.7. The van der Waals surface area contributed by atoms with E-state index in [-0.39, 0.29) is 34.0 Å². The Hall–Kier alpha value is -0.957. The number of nitrogens with zero attached hydrogens (tertiary/aromatic N) is 1. The maximum atomic E-state index is 2.42. The minimum Gasteiger partial charge on any atom is -1.00 e. The van der Waals surface area contributed by atoms with Crippen LogP contribution >= 0.6 is 0 Å². The summed E-state index contributed by atoms with van der Waals surface area (Å²) in [5, 5.41) is 1.32. The summed E-state index contributed by atoms with van der Waals surface area (Å²) < 4.78 is 4.72. The molecule has 26 heavy (non-hydrogen) atoms. The van der Waals surface area contributed by atoms with Crippen LogP contribution in [0, 0.1) is 0 Å². The maximum absolute atomic E-state index is 2.42. The van der Waals surface area contributed by atoms with Crippen molar-refractivity contribution in [2.24, 2.45) is 0 Å². The first-order valence-electron chi connectivity index (χ1n) is 8.39. The fourth-order valence-corrected chi connectivity index (χ4v) is 7.62. The van der Waals surface area contributed by atoms with E-state index in [4.69, 9.17) is 0 Å². The van der Waals surface area contributed by atoms with Crippen LogP contribution in [0.25, 0.3) is 22.7 Å². The molecule has 0 aliphatic heterocycles. The van der Waals surface area contributed by atoms with Crippen molar-refractivity contribution in [1.82, 2.24) is 4.57 Å². The normalized spacial score (nSPS) is 17.0. The van der Waals surface area contributed by atoms with Gasteiger partial charge in [0.15, 0.2) is 0 Å². The van der Waals surface area contributed by atoms with Gasteiger partial charge < -0.3 is 34.0 Å². The molecule has 0 spiro atoms. The predicted octanol–water partition coefficient (Wildman–Crippen LogP) is -0.372. The molecule has 0 N–H and O–H groups in total. The molecule has 1 aromatic heterocycles. The van der Waals surface area contributed by atoms with Gasteiger partial charge in [-0.05, 0) is 0 Å². The summed E-state index contributed by atoms with van der Waals surface area (Å²) in [6.45, 7) is 0. The first-order chi connectivity index (χ1) is 11.9. The maximum Gasteiger partial charge on any atom is -1.00 e. The van der Waals surface area contributed by atoms with Crippen LogP contribution in [0.3, 0.4) is 0 Å². The Bertz CT molecular complexity index is 1030. The molecular formula is C22H17Br2NZr. The fraction of sp³-hybridized carbons (Fsp3) is 0.0909. The molecule has 1 unspecified atom stereocenters. The van der Waals surface area contributed by atoms with Crippen molar-refractivity contribution >= 4 is 22.7 Å². The van der Waals surface area contributed by atoms with Gasteiger partial charge in [0.1, 0.15) is 0 Å². The van der Waals surface area contributed by atoms with E-state index in [0.29, 0.717) is 3.63 Å². The van der Waals surface area contributed by atoms with Gasteiger partial charge >= 0.3 is 154 Å². The van der Waals surface area contributed by atoms with Crippen molar-refractivity contribution in [1.29, 1.82) is 0 Å². The van der Waals surface area contributed by atoms with Gasteiger partial charge in [-0.1, -0.05) is 0 Å². The molecule has 1 heterocycles. The quantitative estimate of drug-likeness (QED) is 0.423. The van der Waals surface area contributed by atoms with Gasteiger partial charge in [-0.15, -0.1) is 0 Å². The Morgan fingerprint density at radius 1 is 0.923 bits per heavy atom. The van der Waals surface area contributed by atoms with E-state index in [9.17, 15) is 0 Å². The number of rotatable bonds is 3. The van der Waals surface area contributed by atoms with Gasteiger partial charge in [0.25, 0.3) is 0 Å². The number of fused-ring (bicyclic) bond motifs is 2. The molecule has 0 radical (unpaired) electrons. The van der Waals surface area contributed by atoms with Crippen LogP contribution in [0.15, 0.2) is 82.3 Å². The van der Waals surface area contributed by atoms with Crippen LogP contribution in [0.1, 0.15) is 21.2 Å². The second kappa shape index (κ2) is 8.37. The van der Waals surface area contributed by atoms with E-state index in [1.54, 1.807) is 3.28 Å². The van der Waals surface area contributed by atoms with Crippen molar-refractivity contribution in [3.8, 4) is 0 Å². The second-order valence-corrected chi connectivity index (χ2v) is 10.1. The van der Waals surface area contributed by atoms with Crippen LogP contribution in [0.5, 0.6) is 0 Å². The number of halogens is 2. The molecule has 1 nitrogen and oxygen atoms in total. The van der Waals surface area contributed by atoms with Gasteiger partial charge in [0.05, 0.1) is 0 Å². The molecule has 0 saturated heterocycles. The van der Waals surface area contributed by atoms with Gasteiger partial charge in [0, 0.05) is 0 Å². The average molecular weight is 546 g/mol. The molecule has 1 atom stereocenters. The summed E-state index contributed by atoms with van der Waals surface area (Å²) in [5.74, 6) is 0. The van der Waals surface area contributed by atoms with Gasteiger partial charge in [-0.2, -0.15) is 0 Å². The smallest absolute Gasteiger partial charge is 1.00 e. The third kappa shape index (κ3) is 3.44. The van der Waals surface area contributed by atoms with Crippen LogP contribution in [0.4, 0.5) is 0 Å². The zero-order chi connectivity index (χ0) is 15.9. The standard InChI is InChI=1S/C17H12N.C5H5.2BrH.Zr/c1-2-7-15-12-16(11-14(15)6-1)18-10-9-13-5-3-4-8-17(13)18;1-2-4-5-3-1;;;/h1-12H;1-3H,4H2;2*1H;/q;;;;+2/p-2. The topological polar surface area (TPSA) is 4.93 Å². The van der Waals surface area contributed by atoms with E-state index in [1.807, 2.05) is 0 Å². The summed E-state index contributed by atoms with van der Waals surface area (Å²) in [6.07, 6.45) is 12.7. The van der Waals surface area contributed by atoms with Crippen LogP contribution < -0.4 is 34.0 Å². The molecule has 3 aromatic rings. The van der Waals surface area contributed by atoms with Crippen LogP contribution in [0.2, 0.25) is 0 Å². The Balaban J connectivity index is 0.000000980. The zero-order valence-electron chi connectivity index (χ0n) is 14.1. The second-order valence-electron chi connectivity index (χ2n) is 6.34. The molecule has 2 aliphatic carbocycles. The Labute approximate surface area is 186 Å². The molecule has 4 heteroatoms. The van der Waals surface area contributed by atoms with E-state index >= 15 is 0 Å². The predicted molar refractivity (Wildman–Crippen MR) is 97.1 cm³/mol. The van der Waals surface area contributed by atoms with Gasteiger partial charge in [-0.25, -0.2) is 0 Å². The molecule has 0 bridgehead atoms. The van der Waals surface area contributed by atoms with Crippen molar-refractivity contribution in [2.45, 2.75) is 10.0 Å². The minimum absolute atomic E-state index is 0. The molecule has 0 saturated carbocycles. The van der Waals surface area contributed by atoms with Crippen molar-refractivity contribution in [3.63, 3.8) is 0 Å². The molecule has 2 aliphatic rings. The first-order valence-corrected chi connectivity index (χ1v) is 11.0. The van der Waals surface area contributed by atoms with E-state index in [0.717, 1.165) is 0 Å². The number of para-hydroxylation sites is 1. The number of hydrogen-bond acceptors (Lipinski definition) is 0. The van der Waals surface area contributed by atoms with E-state index in [2.05, 4.69) is 89.7 Å². The molecular weight excluding hydrogens is 529 g/mol. The molecule has 2 aromatic carbocycles. The number of benzene rings is 2. The third-order valence-corrected chi connectivity index (χ3v) is 8.91. The SMILES string of the molecule is C1=CC[C]([Zr+2][CH]2C(n3ccc4ccccc43)=Cc3ccccc32)=C1.[Br-].[Br-]. The van der Waals surface area contributed by atoms with E-state index in [1.165, 1.54) is 34.1 Å². The molecule has 128 valence electrons. The summed E-state index contributed by atoms with van der Waals surface area (Å²) in [7, 11) is 0. The van der Waals surface area contributed by atoms with Gasteiger partial charge in [-0.3, -0.25) is 0 Å². The first kappa shape index (κ1) is 19.8. The third-order valence-electron chi connectivity index (χ3n) is 4.88. The van der Waals surface area contributed by atoms with Crippen molar-refractivity contribution in [3.05, 3.63) is 93.4 Å². The molecule has 5 rings (SSSR count). The summed E-state index contributed by atoms with van der Waals surface area (Å²) in [4.78, 5) is 0. The van der Waals surface area contributed by atoms with Crippen molar-refractivity contribution < 1.29 is 57.2 Å². The summed E-state index contributed by atoms with van der Waals surface area (Å²) >= 11 is -0.700. The largest absolute Gasteiger partial charge is 1.00 e. The molecule has 0 fully saturated rings. The van der Waals surface area contributed by atoms with E-state index < -0.39 is 23.2 Å². The summed E-state index contributed by atoms with van der Waals surface area (Å²) in [5.41, 5.74) is 5.73.